The van der Waals surface area contributed by atoms with Crippen LogP contribution < -0.4 is 10.2 Å². The molecule has 2 heterocycles. The van der Waals surface area contributed by atoms with Crippen LogP contribution in [-0.4, -0.2) is 42.0 Å². The molecule has 24 heavy (non-hydrogen) atoms. The van der Waals surface area contributed by atoms with E-state index in [-0.39, 0.29) is 5.91 Å². The van der Waals surface area contributed by atoms with Gasteiger partial charge in [0, 0.05) is 55.6 Å². The third kappa shape index (κ3) is 3.99. The van der Waals surface area contributed by atoms with E-state index in [0.29, 0.717) is 4.47 Å². The lowest BCUT2D eigenvalue weighted by Crippen LogP contribution is -2.48. The maximum Gasteiger partial charge on any atom is 0.219 e. The first-order valence-electron chi connectivity index (χ1n) is 7.98. The molecular formula is C17H21ClN4OS. The zero-order valence-corrected chi connectivity index (χ0v) is 15.5. The normalized spacial score (nSPS) is 14.8. The number of hydrogen-bond acceptors (Lipinski definition) is 5. The Labute approximate surface area is 151 Å². The molecule has 7 heteroatoms. The predicted molar refractivity (Wildman–Crippen MR) is 100 cm³/mol. The van der Waals surface area contributed by atoms with Gasteiger partial charge in [-0.25, -0.2) is 4.98 Å². The fraction of sp³-hybridized carbons (Fsp3) is 0.412. The van der Waals surface area contributed by atoms with Crippen molar-refractivity contribution in [1.29, 1.82) is 0 Å². The molecule has 1 N–H and O–H groups in total. The smallest absolute Gasteiger partial charge is 0.219 e. The van der Waals surface area contributed by atoms with Crippen molar-refractivity contribution in [3.63, 3.8) is 0 Å². The van der Waals surface area contributed by atoms with E-state index in [2.05, 4.69) is 40.3 Å². The van der Waals surface area contributed by atoms with E-state index in [0.717, 1.165) is 43.3 Å². The number of nitrogens with one attached hydrogen (secondary N) is 1. The largest absolute Gasteiger partial charge is 0.380 e. The first kappa shape index (κ1) is 17.0. The number of nitrogens with zero attached hydrogens (tertiary/aromatic N) is 3. The van der Waals surface area contributed by atoms with E-state index in [4.69, 9.17) is 11.6 Å². The van der Waals surface area contributed by atoms with Crippen molar-refractivity contribution in [2.24, 2.45) is 0 Å². The Morgan fingerprint density at radius 1 is 1.33 bits per heavy atom. The van der Waals surface area contributed by atoms with Crippen LogP contribution in [0.4, 0.5) is 11.4 Å². The molecule has 0 saturated carbocycles. The molecule has 0 bridgehead atoms. The summed E-state index contributed by atoms with van der Waals surface area (Å²) in [5.41, 5.74) is 3.56. The lowest BCUT2D eigenvalue weighted by molar-refractivity contribution is -0.129. The second-order valence-electron chi connectivity index (χ2n) is 5.93. The van der Waals surface area contributed by atoms with E-state index in [9.17, 15) is 4.79 Å². The SMILES string of the molecule is CC(=O)N1CCN(c2ccc(NCc3cnc(Cl)s3)cc2C)CC1. The molecule has 0 aliphatic carbocycles. The maximum atomic E-state index is 11.4. The number of carbonyl (C=O) groups is 1. The first-order valence-corrected chi connectivity index (χ1v) is 9.17. The zero-order valence-electron chi connectivity index (χ0n) is 13.9. The number of benzene rings is 1. The van der Waals surface area contributed by atoms with Gasteiger partial charge in [0.15, 0.2) is 4.47 Å². The zero-order chi connectivity index (χ0) is 17.1. The summed E-state index contributed by atoms with van der Waals surface area (Å²) >= 11 is 7.34. The molecule has 1 saturated heterocycles. The van der Waals surface area contributed by atoms with Crippen molar-refractivity contribution in [2.75, 3.05) is 36.4 Å². The maximum absolute atomic E-state index is 11.4. The Morgan fingerprint density at radius 2 is 2.08 bits per heavy atom. The lowest BCUT2D eigenvalue weighted by atomic mass is 10.1. The van der Waals surface area contributed by atoms with Crippen molar-refractivity contribution in [3.8, 4) is 0 Å². The highest BCUT2D eigenvalue weighted by molar-refractivity contribution is 7.15. The number of aromatic nitrogens is 1. The van der Waals surface area contributed by atoms with Crippen molar-refractivity contribution in [3.05, 3.63) is 39.3 Å². The number of piperazine rings is 1. The van der Waals surface area contributed by atoms with Gasteiger partial charge in [-0.05, 0) is 30.7 Å². The quantitative estimate of drug-likeness (QED) is 0.903. The van der Waals surface area contributed by atoms with Crippen LogP contribution in [0.15, 0.2) is 24.4 Å². The highest BCUT2D eigenvalue weighted by Gasteiger charge is 2.19. The molecule has 0 unspecified atom stereocenters. The Bertz CT molecular complexity index is 725. The van der Waals surface area contributed by atoms with Crippen LogP contribution in [0.25, 0.3) is 0 Å². The minimum atomic E-state index is 0.161. The Morgan fingerprint density at radius 3 is 2.67 bits per heavy atom. The summed E-state index contributed by atoms with van der Waals surface area (Å²) < 4.78 is 0.572. The minimum absolute atomic E-state index is 0.161. The van der Waals surface area contributed by atoms with Gasteiger partial charge in [0.1, 0.15) is 0 Å². The highest BCUT2D eigenvalue weighted by atomic mass is 35.5. The van der Waals surface area contributed by atoms with Crippen molar-refractivity contribution in [2.45, 2.75) is 20.4 Å². The van der Waals surface area contributed by atoms with Crippen LogP contribution in [0.2, 0.25) is 4.47 Å². The molecule has 0 spiro atoms. The van der Waals surface area contributed by atoms with Gasteiger partial charge in [-0.1, -0.05) is 11.6 Å². The second-order valence-corrected chi connectivity index (χ2v) is 7.62. The standard InChI is InChI=1S/C17H21ClN4OS/c1-12-9-14(19-10-15-11-20-17(18)24-15)3-4-16(12)22-7-5-21(6-8-22)13(2)23/h3-4,9,11,19H,5-8,10H2,1-2H3. The molecule has 2 aromatic rings. The minimum Gasteiger partial charge on any atom is -0.380 e. The fourth-order valence-electron chi connectivity index (χ4n) is 2.94. The molecule has 0 radical (unpaired) electrons. The van der Waals surface area contributed by atoms with Gasteiger partial charge < -0.3 is 15.1 Å². The Kier molecular flexibility index (Phi) is 5.26. The monoisotopic (exact) mass is 364 g/mol. The lowest BCUT2D eigenvalue weighted by Gasteiger charge is -2.36. The number of carbonyl (C=O) groups excluding carboxylic acids is 1. The molecule has 0 atom stereocenters. The van der Waals surface area contributed by atoms with E-state index in [1.54, 1.807) is 13.1 Å². The number of thiazole rings is 1. The van der Waals surface area contributed by atoms with E-state index in [1.165, 1.54) is 22.6 Å². The molecule has 1 aliphatic rings. The summed E-state index contributed by atoms with van der Waals surface area (Å²) in [5, 5.41) is 3.41. The Hall–Kier alpha value is -1.79. The Balaban J connectivity index is 1.61. The molecular weight excluding hydrogens is 344 g/mol. The molecule has 3 rings (SSSR count). The van der Waals surface area contributed by atoms with Crippen LogP contribution in [0.5, 0.6) is 0 Å². The average molecular weight is 365 g/mol. The van der Waals surface area contributed by atoms with Gasteiger partial charge in [-0.3, -0.25) is 4.79 Å². The summed E-state index contributed by atoms with van der Waals surface area (Å²) in [6.07, 6.45) is 1.80. The average Bonchev–Trinajstić information content (AvgIpc) is 2.99. The van der Waals surface area contributed by atoms with Gasteiger partial charge in [-0.2, -0.15) is 0 Å². The topological polar surface area (TPSA) is 48.5 Å². The van der Waals surface area contributed by atoms with Crippen LogP contribution in [0, 0.1) is 6.92 Å². The summed E-state index contributed by atoms with van der Waals surface area (Å²) in [7, 11) is 0. The molecule has 5 nitrogen and oxygen atoms in total. The number of amides is 1. The number of halogens is 1. The van der Waals surface area contributed by atoms with Crippen molar-refractivity contribution < 1.29 is 4.79 Å². The van der Waals surface area contributed by atoms with Gasteiger partial charge in [0.05, 0.1) is 6.54 Å². The number of hydrogen-bond donors (Lipinski definition) is 1. The molecule has 1 aliphatic heterocycles. The van der Waals surface area contributed by atoms with Gasteiger partial charge >= 0.3 is 0 Å². The molecule has 1 aromatic heterocycles. The number of aryl methyl sites for hydroxylation is 1. The van der Waals surface area contributed by atoms with Gasteiger partial charge in [0.25, 0.3) is 0 Å². The van der Waals surface area contributed by atoms with Crippen LogP contribution in [0.3, 0.4) is 0 Å². The molecule has 1 amide bonds. The third-order valence-corrected chi connectivity index (χ3v) is 5.37. The highest BCUT2D eigenvalue weighted by Crippen LogP contribution is 2.26. The third-order valence-electron chi connectivity index (χ3n) is 4.25. The summed E-state index contributed by atoms with van der Waals surface area (Å²) in [5.74, 6) is 0.161. The fourth-order valence-corrected chi connectivity index (χ4v) is 3.85. The molecule has 1 fully saturated rings. The van der Waals surface area contributed by atoms with Gasteiger partial charge in [-0.15, -0.1) is 11.3 Å². The first-order chi connectivity index (χ1) is 11.5. The summed E-state index contributed by atoms with van der Waals surface area (Å²) in [6.45, 7) is 7.83. The molecule has 1 aromatic carbocycles. The second kappa shape index (κ2) is 7.40. The van der Waals surface area contributed by atoms with E-state index in [1.807, 2.05) is 4.90 Å². The summed E-state index contributed by atoms with van der Waals surface area (Å²) in [6, 6.07) is 6.42. The molecule has 128 valence electrons. The van der Waals surface area contributed by atoms with Crippen LogP contribution in [0.1, 0.15) is 17.4 Å². The van der Waals surface area contributed by atoms with Crippen LogP contribution >= 0.6 is 22.9 Å². The number of rotatable bonds is 4. The van der Waals surface area contributed by atoms with E-state index < -0.39 is 0 Å². The summed E-state index contributed by atoms with van der Waals surface area (Å²) in [4.78, 5) is 20.8. The van der Waals surface area contributed by atoms with Gasteiger partial charge in [0.2, 0.25) is 5.91 Å². The number of anilines is 2. The van der Waals surface area contributed by atoms with Crippen LogP contribution in [-0.2, 0) is 11.3 Å². The van der Waals surface area contributed by atoms with Crippen molar-refractivity contribution in [1.82, 2.24) is 9.88 Å². The van der Waals surface area contributed by atoms with E-state index >= 15 is 0 Å². The predicted octanol–water partition coefficient (Wildman–Crippen LogP) is 3.39. The van der Waals surface area contributed by atoms with Crippen molar-refractivity contribution >= 4 is 40.2 Å².